The van der Waals surface area contributed by atoms with Crippen molar-refractivity contribution in [3.8, 4) is 0 Å². The van der Waals surface area contributed by atoms with Gasteiger partial charge in [0.25, 0.3) is 0 Å². The van der Waals surface area contributed by atoms with Crippen LogP contribution in [0.5, 0.6) is 0 Å². The molecule has 3 nitrogen and oxygen atoms in total. The second-order valence-electron chi connectivity index (χ2n) is 6.92. The summed E-state index contributed by atoms with van der Waals surface area (Å²) < 4.78 is 0. The summed E-state index contributed by atoms with van der Waals surface area (Å²) in [5.41, 5.74) is 0. The quantitative estimate of drug-likeness (QED) is 0.288. The number of thiocarbonyl (C=S) groups is 1. The highest BCUT2D eigenvalue weighted by Gasteiger charge is 2.25. The van der Waals surface area contributed by atoms with Crippen molar-refractivity contribution in [2.75, 3.05) is 0 Å². The van der Waals surface area contributed by atoms with Crippen LogP contribution >= 0.6 is 12.2 Å². The van der Waals surface area contributed by atoms with Crippen LogP contribution in [0, 0.1) is 5.92 Å². The van der Waals surface area contributed by atoms with Gasteiger partial charge in [0.2, 0.25) is 11.8 Å². The Morgan fingerprint density at radius 1 is 0.913 bits per heavy atom. The van der Waals surface area contributed by atoms with Gasteiger partial charge < -0.3 is 0 Å². The predicted molar refractivity (Wildman–Crippen MR) is 99.5 cm³/mol. The zero-order valence-corrected chi connectivity index (χ0v) is 15.5. The van der Waals surface area contributed by atoms with Gasteiger partial charge in [0.15, 0.2) is 0 Å². The summed E-state index contributed by atoms with van der Waals surface area (Å²) in [4.78, 5) is 23.7. The van der Waals surface area contributed by atoms with E-state index < -0.39 is 0 Å². The van der Waals surface area contributed by atoms with Crippen molar-refractivity contribution in [2.45, 2.75) is 96.8 Å². The topological polar surface area (TPSA) is 46.2 Å². The highest BCUT2D eigenvalue weighted by atomic mass is 32.1. The zero-order chi connectivity index (χ0) is 16.9. The summed E-state index contributed by atoms with van der Waals surface area (Å²) in [7, 11) is 0. The van der Waals surface area contributed by atoms with Crippen molar-refractivity contribution in [2.24, 2.45) is 5.92 Å². The number of nitrogens with one attached hydrogen (secondary N) is 1. The number of hydrogen-bond donors (Lipinski definition) is 1. The Hall–Kier alpha value is -0.770. The van der Waals surface area contributed by atoms with Crippen LogP contribution in [0.4, 0.5) is 0 Å². The van der Waals surface area contributed by atoms with E-state index in [0.717, 1.165) is 24.1 Å². The molecule has 1 fully saturated rings. The normalized spacial score (nSPS) is 15.7. The first-order valence-corrected chi connectivity index (χ1v) is 9.87. The molecule has 0 saturated carbocycles. The van der Waals surface area contributed by atoms with E-state index in [1.807, 2.05) is 0 Å². The van der Waals surface area contributed by atoms with Crippen molar-refractivity contribution in [3.63, 3.8) is 0 Å². The molecule has 0 radical (unpaired) electrons. The van der Waals surface area contributed by atoms with Crippen molar-refractivity contribution in [1.82, 2.24) is 5.32 Å². The Balaban J connectivity index is 1.94. The van der Waals surface area contributed by atoms with E-state index in [1.165, 1.54) is 57.8 Å². The highest BCUT2D eigenvalue weighted by Crippen LogP contribution is 2.20. The van der Waals surface area contributed by atoms with Crippen molar-refractivity contribution in [1.29, 1.82) is 0 Å². The molecule has 23 heavy (non-hydrogen) atoms. The summed E-state index contributed by atoms with van der Waals surface area (Å²) >= 11 is 5.43. The fourth-order valence-electron chi connectivity index (χ4n) is 3.23. The average Bonchev–Trinajstić information content (AvgIpc) is 2.48. The highest BCUT2D eigenvalue weighted by molar-refractivity contribution is 7.80. The summed E-state index contributed by atoms with van der Waals surface area (Å²) in [6.45, 7) is 2.26. The number of rotatable bonds is 13. The fraction of sp³-hybridized carbons (Fsp3) is 0.842. The molecule has 1 saturated heterocycles. The second kappa shape index (κ2) is 12.6. The molecule has 0 atom stereocenters. The average molecular weight is 340 g/mol. The lowest BCUT2D eigenvalue weighted by Crippen LogP contribution is -2.39. The molecule has 1 aliphatic heterocycles. The SMILES string of the molecule is CCCCCCCCCCCCC(=S)CC1CC(=O)NC(=O)C1. The molecular weight excluding hydrogens is 306 g/mol. The number of hydrogen-bond acceptors (Lipinski definition) is 3. The lowest BCUT2D eigenvalue weighted by Gasteiger charge is -2.20. The van der Waals surface area contributed by atoms with Gasteiger partial charge in [-0.05, 0) is 30.0 Å². The molecule has 2 amide bonds. The van der Waals surface area contributed by atoms with E-state index >= 15 is 0 Å². The largest absolute Gasteiger partial charge is 0.296 e. The number of unbranched alkanes of at least 4 members (excludes halogenated alkanes) is 9. The molecule has 1 rings (SSSR count). The lowest BCUT2D eigenvalue weighted by atomic mass is 9.91. The molecule has 0 aromatic heterocycles. The minimum absolute atomic E-state index is 0.131. The van der Waals surface area contributed by atoms with Crippen LogP contribution < -0.4 is 5.32 Å². The van der Waals surface area contributed by atoms with E-state index in [0.29, 0.717) is 12.8 Å². The Morgan fingerprint density at radius 2 is 1.39 bits per heavy atom. The van der Waals surface area contributed by atoms with Crippen LogP contribution in [-0.2, 0) is 9.59 Å². The number of piperidine rings is 1. The molecule has 1 N–H and O–H groups in total. The van der Waals surface area contributed by atoms with Gasteiger partial charge in [-0.2, -0.15) is 0 Å². The van der Waals surface area contributed by atoms with Gasteiger partial charge in [0.05, 0.1) is 0 Å². The maximum Gasteiger partial charge on any atom is 0.226 e. The predicted octanol–water partition coefficient (Wildman–Crippen LogP) is 5.11. The van der Waals surface area contributed by atoms with Crippen LogP contribution in [0.25, 0.3) is 0 Å². The molecule has 0 aromatic rings. The smallest absolute Gasteiger partial charge is 0.226 e. The fourth-order valence-corrected chi connectivity index (χ4v) is 3.61. The van der Waals surface area contributed by atoms with Crippen LogP contribution in [0.3, 0.4) is 0 Å². The maximum absolute atomic E-state index is 11.3. The molecule has 0 spiro atoms. The lowest BCUT2D eigenvalue weighted by molar-refractivity contribution is -0.134. The molecule has 0 aromatic carbocycles. The van der Waals surface area contributed by atoms with E-state index in [-0.39, 0.29) is 17.7 Å². The molecule has 4 heteroatoms. The van der Waals surface area contributed by atoms with Crippen LogP contribution in [0.2, 0.25) is 0 Å². The minimum Gasteiger partial charge on any atom is -0.296 e. The number of carbonyl (C=O) groups is 2. The Morgan fingerprint density at radius 3 is 1.91 bits per heavy atom. The van der Waals surface area contributed by atoms with E-state index in [1.54, 1.807) is 0 Å². The van der Waals surface area contributed by atoms with Gasteiger partial charge >= 0.3 is 0 Å². The van der Waals surface area contributed by atoms with E-state index in [9.17, 15) is 9.59 Å². The monoisotopic (exact) mass is 339 g/mol. The second-order valence-corrected chi connectivity index (χ2v) is 7.50. The maximum atomic E-state index is 11.3. The zero-order valence-electron chi connectivity index (χ0n) is 14.7. The summed E-state index contributed by atoms with van der Waals surface area (Å²) in [5, 5.41) is 2.35. The van der Waals surface area contributed by atoms with E-state index in [2.05, 4.69) is 12.2 Å². The Kier molecular flexibility index (Phi) is 11.1. The standard InChI is InChI=1S/C19H33NO2S/c1-2-3-4-5-6-7-8-9-10-11-12-17(23)13-16-14-18(21)20-19(22)15-16/h16H,2-15H2,1H3,(H,20,21,22). The first kappa shape index (κ1) is 20.3. The van der Waals surface area contributed by atoms with Crippen molar-refractivity contribution < 1.29 is 9.59 Å². The Bertz CT molecular complexity index is 366. The van der Waals surface area contributed by atoms with Gasteiger partial charge in [-0.3, -0.25) is 14.9 Å². The van der Waals surface area contributed by atoms with Gasteiger partial charge in [-0.1, -0.05) is 76.9 Å². The summed E-state index contributed by atoms with van der Waals surface area (Å²) in [5.74, 6) is -0.159. The number of amides is 2. The summed E-state index contributed by atoms with van der Waals surface area (Å²) in [6.07, 6.45) is 15.9. The van der Waals surface area contributed by atoms with Gasteiger partial charge in [0.1, 0.15) is 0 Å². The third-order valence-corrected chi connectivity index (χ3v) is 4.92. The molecular formula is C19H33NO2S. The van der Waals surface area contributed by atoms with Gasteiger partial charge in [-0.15, -0.1) is 0 Å². The molecule has 132 valence electrons. The number of imide groups is 1. The van der Waals surface area contributed by atoms with Crippen LogP contribution in [0.1, 0.15) is 96.8 Å². The van der Waals surface area contributed by atoms with Crippen LogP contribution in [-0.4, -0.2) is 16.7 Å². The molecule has 0 aliphatic carbocycles. The minimum atomic E-state index is -0.145. The summed E-state index contributed by atoms with van der Waals surface area (Å²) in [6, 6.07) is 0. The molecule has 0 bridgehead atoms. The van der Waals surface area contributed by atoms with Crippen molar-refractivity contribution >= 4 is 28.9 Å². The van der Waals surface area contributed by atoms with Gasteiger partial charge in [-0.25, -0.2) is 0 Å². The first-order chi connectivity index (χ1) is 11.1. The molecule has 1 aliphatic rings. The first-order valence-electron chi connectivity index (χ1n) is 9.46. The van der Waals surface area contributed by atoms with Crippen LogP contribution in [0.15, 0.2) is 0 Å². The third kappa shape index (κ3) is 10.6. The molecule has 1 heterocycles. The number of carbonyl (C=O) groups excluding carboxylic acids is 2. The Labute approximate surface area is 147 Å². The van der Waals surface area contributed by atoms with Crippen molar-refractivity contribution in [3.05, 3.63) is 0 Å². The van der Waals surface area contributed by atoms with E-state index in [4.69, 9.17) is 12.2 Å². The third-order valence-electron chi connectivity index (χ3n) is 4.55. The molecule has 0 unspecified atom stereocenters. The van der Waals surface area contributed by atoms with Gasteiger partial charge in [0, 0.05) is 12.8 Å².